The normalized spacial score (nSPS) is 20.2. The van der Waals surface area contributed by atoms with E-state index in [4.69, 9.17) is 11.6 Å². The molecule has 26 heavy (non-hydrogen) atoms. The van der Waals surface area contributed by atoms with Gasteiger partial charge in [-0.15, -0.1) is 0 Å². The molecule has 2 heterocycles. The Labute approximate surface area is 160 Å². The molecule has 3 aromatic rings. The Balaban J connectivity index is 1.58. The maximum atomic E-state index is 6.07. The highest BCUT2D eigenvalue weighted by Crippen LogP contribution is 2.42. The molecule has 0 bridgehead atoms. The molecule has 0 saturated carbocycles. The van der Waals surface area contributed by atoms with Crippen LogP contribution in [0.3, 0.4) is 0 Å². The van der Waals surface area contributed by atoms with Crippen LogP contribution in [0.5, 0.6) is 0 Å². The lowest BCUT2D eigenvalue weighted by Gasteiger charge is -2.33. The molecule has 0 amide bonds. The van der Waals surface area contributed by atoms with Crippen molar-refractivity contribution >= 4 is 22.5 Å². The van der Waals surface area contributed by atoms with Gasteiger partial charge in [-0.05, 0) is 68.0 Å². The van der Waals surface area contributed by atoms with Crippen LogP contribution in [-0.4, -0.2) is 16.0 Å². The first-order chi connectivity index (χ1) is 12.7. The molecule has 0 spiro atoms. The summed E-state index contributed by atoms with van der Waals surface area (Å²) in [5.74, 6) is 0. The molecule has 3 heteroatoms. The number of benzene rings is 2. The second-order valence-corrected chi connectivity index (χ2v) is 8.33. The third kappa shape index (κ3) is 2.67. The molecule has 0 fully saturated rings. The summed E-state index contributed by atoms with van der Waals surface area (Å²) in [7, 11) is 0. The van der Waals surface area contributed by atoms with Crippen LogP contribution < -0.4 is 0 Å². The number of aromatic nitrogens is 1. The monoisotopic (exact) mass is 364 g/mol. The van der Waals surface area contributed by atoms with Gasteiger partial charge in [0.1, 0.15) is 0 Å². The predicted molar refractivity (Wildman–Crippen MR) is 109 cm³/mol. The van der Waals surface area contributed by atoms with Gasteiger partial charge in [0.2, 0.25) is 0 Å². The highest BCUT2D eigenvalue weighted by molar-refractivity contribution is 6.30. The minimum atomic E-state index is 0.546. The lowest BCUT2D eigenvalue weighted by molar-refractivity contribution is 0.173. The number of hydrogen-bond donors (Lipinski definition) is 0. The average Bonchev–Trinajstić information content (AvgIpc) is 2.83. The Kier molecular flexibility index (Phi) is 4.06. The third-order valence-electron chi connectivity index (χ3n) is 6.15. The minimum Gasteiger partial charge on any atom is -0.343 e. The van der Waals surface area contributed by atoms with Gasteiger partial charge in [0.25, 0.3) is 0 Å². The summed E-state index contributed by atoms with van der Waals surface area (Å²) in [5.41, 5.74) is 7.39. The van der Waals surface area contributed by atoms with Gasteiger partial charge >= 0.3 is 0 Å². The van der Waals surface area contributed by atoms with E-state index in [1.165, 1.54) is 54.3 Å². The summed E-state index contributed by atoms with van der Waals surface area (Å²) in [6.45, 7) is 5.54. The summed E-state index contributed by atoms with van der Waals surface area (Å²) in [4.78, 5) is 2.70. The zero-order chi connectivity index (χ0) is 17.7. The Morgan fingerprint density at radius 1 is 1.04 bits per heavy atom. The van der Waals surface area contributed by atoms with Gasteiger partial charge in [0.05, 0.1) is 6.04 Å². The molecular formula is C23H25ClN2. The van der Waals surface area contributed by atoms with Crippen molar-refractivity contribution in [3.63, 3.8) is 0 Å². The van der Waals surface area contributed by atoms with Crippen LogP contribution in [0.4, 0.5) is 0 Å². The SMILES string of the molecule is Cc1ccc2c(c1)c1c3n2CCCN(Cc2ccc(Cl)cc2)[C@H]3CCC1. The molecular weight excluding hydrogens is 340 g/mol. The Bertz CT molecular complexity index is 951. The maximum Gasteiger partial charge on any atom is 0.0507 e. The molecule has 2 nitrogen and oxygen atoms in total. The highest BCUT2D eigenvalue weighted by atomic mass is 35.5. The quantitative estimate of drug-likeness (QED) is 0.550. The molecule has 1 aliphatic carbocycles. The van der Waals surface area contributed by atoms with Crippen LogP contribution in [0.15, 0.2) is 42.5 Å². The number of nitrogens with zero attached hydrogens (tertiary/aromatic N) is 2. The molecule has 0 radical (unpaired) electrons. The first-order valence-corrected chi connectivity index (χ1v) is 10.2. The van der Waals surface area contributed by atoms with Crippen LogP contribution >= 0.6 is 11.6 Å². The van der Waals surface area contributed by atoms with E-state index < -0.39 is 0 Å². The maximum absolute atomic E-state index is 6.07. The van der Waals surface area contributed by atoms with Gasteiger partial charge in [-0.3, -0.25) is 4.90 Å². The summed E-state index contributed by atoms with van der Waals surface area (Å²) < 4.78 is 2.63. The standard InChI is InChI=1S/C23H25ClN2/c1-16-6-11-21-20(14-16)19-4-2-5-22-23(19)26(21)13-3-12-25(22)15-17-7-9-18(24)10-8-17/h6-11,14,22H,2-5,12-13,15H2,1H3/t22-/m0/s1. The molecule has 2 aliphatic rings. The number of fused-ring (bicyclic) bond motifs is 3. The van der Waals surface area contributed by atoms with E-state index in [9.17, 15) is 0 Å². The lowest BCUT2D eigenvalue weighted by Crippen LogP contribution is -2.30. The zero-order valence-corrected chi connectivity index (χ0v) is 16.1. The number of hydrogen-bond acceptors (Lipinski definition) is 1. The van der Waals surface area contributed by atoms with Crippen LogP contribution in [0.2, 0.25) is 5.02 Å². The number of halogens is 1. The number of aryl methyl sites for hydroxylation is 3. The summed E-state index contributed by atoms with van der Waals surface area (Å²) in [6, 6.07) is 15.9. The van der Waals surface area contributed by atoms with E-state index in [1.54, 1.807) is 11.3 Å². The van der Waals surface area contributed by atoms with E-state index >= 15 is 0 Å². The molecule has 2 aromatic carbocycles. The van der Waals surface area contributed by atoms with E-state index in [0.717, 1.165) is 18.1 Å². The Morgan fingerprint density at radius 2 is 1.88 bits per heavy atom. The van der Waals surface area contributed by atoms with Gasteiger partial charge in [-0.1, -0.05) is 35.4 Å². The van der Waals surface area contributed by atoms with Crippen molar-refractivity contribution in [3.8, 4) is 0 Å². The van der Waals surface area contributed by atoms with Crippen LogP contribution in [0.25, 0.3) is 10.9 Å². The Hall–Kier alpha value is -1.77. The first-order valence-electron chi connectivity index (χ1n) is 9.81. The van der Waals surface area contributed by atoms with Crippen LogP contribution in [-0.2, 0) is 19.5 Å². The van der Waals surface area contributed by atoms with Crippen molar-refractivity contribution in [3.05, 3.63) is 69.9 Å². The summed E-state index contributed by atoms with van der Waals surface area (Å²) in [6.07, 6.45) is 5.01. The topological polar surface area (TPSA) is 8.17 Å². The second-order valence-electron chi connectivity index (χ2n) is 7.89. The smallest absolute Gasteiger partial charge is 0.0507 e. The zero-order valence-electron chi connectivity index (χ0n) is 15.3. The van der Waals surface area contributed by atoms with E-state index in [1.807, 2.05) is 12.1 Å². The van der Waals surface area contributed by atoms with Crippen LogP contribution in [0, 0.1) is 6.92 Å². The molecule has 5 rings (SSSR count). The van der Waals surface area contributed by atoms with E-state index in [0.29, 0.717) is 6.04 Å². The van der Waals surface area contributed by atoms with Crippen LogP contribution in [0.1, 0.15) is 47.7 Å². The fourth-order valence-electron chi connectivity index (χ4n) is 5.01. The fourth-order valence-corrected chi connectivity index (χ4v) is 5.13. The van der Waals surface area contributed by atoms with Gasteiger partial charge in [-0.25, -0.2) is 0 Å². The van der Waals surface area contributed by atoms with Crippen molar-refractivity contribution in [2.45, 2.75) is 51.7 Å². The molecule has 1 aliphatic heterocycles. The lowest BCUT2D eigenvalue weighted by atomic mass is 9.90. The molecule has 0 N–H and O–H groups in total. The molecule has 1 atom stereocenters. The minimum absolute atomic E-state index is 0.546. The van der Waals surface area contributed by atoms with Crippen molar-refractivity contribution in [2.75, 3.05) is 6.54 Å². The molecule has 0 unspecified atom stereocenters. The van der Waals surface area contributed by atoms with Crippen molar-refractivity contribution < 1.29 is 0 Å². The van der Waals surface area contributed by atoms with Crippen molar-refractivity contribution in [1.29, 1.82) is 0 Å². The van der Waals surface area contributed by atoms with Crippen molar-refractivity contribution in [1.82, 2.24) is 9.47 Å². The second kappa shape index (κ2) is 6.44. The molecule has 0 saturated heterocycles. The van der Waals surface area contributed by atoms with Gasteiger partial charge < -0.3 is 4.57 Å². The third-order valence-corrected chi connectivity index (χ3v) is 6.41. The van der Waals surface area contributed by atoms with Gasteiger partial charge in [0, 0.05) is 41.3 Å². The van der Waals surface area contributed by atoms with E-state index in [2.05, 4.69) is 46.7 Å². The Morgan fingerprint density at radius 3 is 2.73 bits per heavy atom. The predicted octanol–water partition coefficient (Wildman–Crippen LogP) is 5.89. The molecule has 1 aromatic heterocycles. The fraction of sp³-hybridized carbons (Fsp3) is 0.391. The van der Waals surface area contributed by atoms with E-state index in [-0.39, 0.29) is 0 Å². The van der Waals surface area contributed by atoms with Gasteiger partial charge in [-0.2, -0.15) is 0 Å². The first kappa shape index (κ1) is 16.4. The summed E-state index contributed by atoms with van der Waals surface area (Å²) >= 11 is 6.07. The highest BCUT2D eigenvalue weighted by Gasteiger charge is 2.33. The number of rotatable bonds is 2. The largest absolute Gasteiger partial charge is 0.343 e. The summed E-state index contributed by atoms with van der Waals surface area (Å²) in [5, 5.41) is 2.32. The molecule has 134 valence electrons. The van der Waals surface area contributed by atoms with Crippen molar-refractivity contribution in [2.24, 2.45) is 0 Å². The van der Waals surface area contributed by atoms with Gasteiger partial charge in [0.15, 0.2) is 0 Å². The average molecular weight is 365 g/mol.